The fourth-order valence-corrected chi connectivity index (χ4v) is 1.66. The third-order valence-electron chi connectivity index (χ3n) is 1.30. The highest BCUT2D eigenvalue weighted by atomic mass is 127. The molecule has 0 N–H and O–H groups in total. The first-order chi connectivity index (χ1) is 6.38. The summed E-state index contributed by atoms with van der Waals surface area (Å²) in [6.07, 6.45) is 1.07. The third-order valence-corrected chi connectivity index (χ3v) is 3.31. The van der Waals surface area contributed by atoms with Crippen LogP contribution in [0.1, 0.15) is 5.56 Å². The lowest BCUT2D eigenvalue weighted by atomic mass is 10.2. The quantitative estimate of drug-likeness (QED) is 0.536. The molecule has 0 unspecified atom stereocenters. The minimum absolute atomic E-state index is 0.635. The molecule has 1 rings (SSSR count). The Morgan fingerprint density at radius 3 is 2.57 bits per heavy atom. The van der Waals surface area contributed by atoms with Crippen LogP contribution >= 0.6 is 34.2 Å². The van der Waals surface area contributed by atoms with Crippen LogP contribution in [-0.4, -0.2) is 14.7 Å². The van der Waals surface area contributed by atoms with Gasteiger partial charge in [0.15, 0.2) is 0 Å². The van der Waals surface area contributed by atoms with Gasteiger partial charge in [0.05, 0.1) is 11.3 Å². The molecular formula is C9H6ClIO2S. The second-order valence-corrected chi connectivity index (χ2v) is 5.95. The average molecular weight is 341 g/mol. The van der Waals surface area contributed by atoms with Gasteiger partial charge in [-0.3, -0.25) is 0 Å². The maximum atomic E-state index is 10.8. The minimum atomic E-state index is -3.24. The van der Waals surface area contributed by atoms with Gasteiger partial charge in [-0.05, 0) is 46.7 Å². The van der Waals surface area contributed by atoms with E-state index < -0.39 is 9.84 Å². The molecule has 5 heteroatoms. The van der Waals surface area contributed by atoms with Crippen molar-refractivity contribution in [1.29, 1.82) is 0 Å². The van der Waals surface area contributed by atoms with Crippen LogP contribution in [0, 0.1) is 14.7 Å². The Morgan fingerprint density at radius 1 is 1.43 bits per heavy atom. The summed E-state index contributed by atoms with van der Waals surface area (Å²) >= 11 is 7.86. The van der Waals surface area contributed by atoms with E-state index in [1.807, 2.05) is 0 Å². The molecule has 0 aliphatic carbocycles. The standard InChI is InChI=1S/C9H6ClIO2S/c1-14(12,13)5-4-7-2-3-8(10)9(11)6-7/h2-3,6H,1H3. The monoisotopic (exact) mass is 340 g/mol. The summed E-state index contributed by atoms with van der Waals surface area (Å²) in [7, 11) is -3.24. The van der Waals surface area contributed by atoms with Crippen molar-refractivity contribution in [3.05, 3.63) is 32.4 Å². The normalized spacial score (nSPS) is 10.5. The second kappa shape index (κ2) is 4.51. The molecule has 14 heavy (non-hydrogen) atoms. The molecule has 74 valence electrons. The molecule has 0 saturated heterocycles. The van der Waals surface area contributed by atoms with Crippen molar-refractivity contribution in [2.75, 3.05) is 6.26 Å². The van der Waals surface area contributed by atoms with Crippen molar-refractivity contribution in [3.63, 3.8) is 0 Å². The molecule has 0 aliphatic rings. The zero-order valence-electron chi connectivity index (χ0n) is 7.21. The van der Waals surface area contributed by atoms with E-state index in [4.69, 9.17) is 11.6 Å². The third kappa shape index (κ3) is 3.86. The molecule has 0 amide bonds. The fourth-order valence-electron chi connectivity index (χ4n) is 0.726. The molecule has 0 aromatic heterocycles. The first-order valence-electron chi connectivity index (χ1n) is 3.56. The van der Waals surface area contributed by atoms with Gasteiger partial charge in [0.25, 0.3) is 0 Å². The van der Waals surface area contributed by atoms with Crippen LogP contribution in [0.5, 0.6) is 0 Å². The lowest BCUT2D eigenvalue weighted by molar-refractivity contribution is 0.611. The Labute approximate surface area is 102 Å². The Bertz CT molecular complexity index is 511. The smallest absolute Gasteiger partial charge is 0.214 e. The fraction of sp³-hybridized carbons (Fsp3) is 0.111. The summed E-state index contributed by atoms with van der Waals surface area (Å²) < 4.78 is 22.4. The highest BCUT2D eigenvalue weighted by molar-refractivity contribution is 14.1. The molecule has 1 aromatic carbocycles. The summed E-state index contributed by atoms with van der Waals surface area (Å²) in [5.41, 5.74) is 0.643. The van der Waals surface area contributed by atoms with E-state index in [-0.39, 0.29) is 0 Å². The Kier molecular flexibility index (Phi) is 3.81. The maximum Gasteiger partial charge on any atom is 0.214 e. The van der Waals surface area contributed by atoms with E-state index in [2.05, 4.69) is 33.8 Å². The van der Waals surface area contributed by atoms with Gasteiger partial charge in [0.1, 0.15) is 0 Å². The van der Waals surface area contributed by atoms with Crippen LogP contribution in [-0.2, 0) is 9.84 Å². The number of hydrogen-bond donors (Lipinski definition) is 0. The highest BCUT2D eigenvalue weighted by Gasteiger charge is 1.97. The SMILES string of the molecule is CS(=O)(=O)C#Cc1ccc(Cl)c(I)c1. The zero-order valence-corrected chi connectivity index (χ0v) is 10.9. The van der Waals surface area contributed by atoms with Gasteiger partial charge >= 0.3 is 0 Å². The zero-order chi connectivity index (χ0) is 10.8. The largest absolute Gasteiger partial charge is 0.216 e. The highest BCUT2D eigenvalue weighted by Crippen LogP contribution is 2.18. The molecule has 1 aromatic rings. The Balaban J connectivity index is 3.10. The molecule has 0 saturated carbocycles. The summed E-state index contributed by atoms with van der Waals surface area (Å²) in [5, 5.41) is 2.80. The van der Waals surface area contributed by atoms with Gasteiger partial charge in [-0.25, -0.2) is 8.42 Å². The predicted octanol–water partition coefficient (Wildman–Crippen LogP) is 2.30. The molecule has 0 spiro atoms. The maximum absolute atomic E-state index is 10.8. The summed E-state index contributed by atoms with van der Waals surface area (Å²) in [4.78, 5) is 0. The molecule has 0 atom stereocenters. The molecule has 0 fully saturated rings. The predicted molar refractivity (Wildman–Crippen MR) is 65.9 cm³/mol. The van der Waals surface area contributed by atoms with Gasteiger partial charge in [-0.1, -0.05) is 11.6 Å². The van der Waals surface area contributed by atoms with Crippen molar-refractivity contribution < 1.29 is 8.42 Å². The first-order valence-corrected chi connectivity index (χ1v) is 6.91. The van der Waals surface area contributed by atoms with Crippen molar-refractivity contribution >= 4 is 44.0 Å². The summed E-state index contributed by atoms with van der Waals surface area (Å²) in [5.74, 6) is 2.55. The molecule has 0 radical (unpaired) electrons. The van der Waals surface area contributed by atoms with E-state index in [0.717, 1.165) is 9.83 Å². The second-order valence-electron chi connectivity index (χ2n) is 2.63. The van der Waals surface area contributed by atoms with Gasteiger partial charge < -0.3 is 0 Å². The van der Waals surface area contributed by atoms with Gasteiger partial charge in [0.2, 0.25) is 9.84 Å². The minimum Gasteiger partial charge on any atom is -0.216 e. The lowest BCUT2D eigenvalue weighted by Crippen LogP contribution is -1.89. The number of benzene rings is 1. The summed E-state index contributed by atoms with van der Waals surface area (Å²) in [6.45, 7) is 0. The van der Waals surface area contributed by atoms with Crippen molar-refractivity contribution in [2.24, 2.45) is 0 Å². The number of halogens is 2. The van der Waals surface area contributed by atoms with E-state index in [1.165, 1.54) is 0 Å². The molecule has 0 aliphatic heterocycles. The molecule has 0 heterocycles. The number of rotatable bonds is 0. The van der Waals surface area contributed by atoms with Gasteiger partial charge in [-0.15, -0.1) is 0 Å². The van der Waals surface area contributed by atoms with Crippen LogP contribution in [0.15, 0.2) is 18.2 Å². The Hall–Kier alpha value is -0.250. The lowest BCUT2D eigenvalue weighted by Gasteiger charge is -1.94. The topological polar surface area (TPSA) is 34.1 Å². The van der Waals surface area contributed by atoms with E-state index >= 15 is 0 Å². The van der Waals surface area contributed by atoms with Gasteiger partial charge in [-0.2, -0.15) is 0 Å². The van der Waals surface area contributed by atoms with Crippen LogP contribution in [0.2, 0.25) is 5.02 Å². The van der Waals surface area contributed by atoms with E-state index in [1.54, 1.807) is 18.2 Å². The van der Waals surface area contributed by atoms with Crippen LogP contribution in [0.25, 0.3) is 0 Å². The molecule has 0 bridgehead atoms. The number of sulfone groups is 1. The van der Waals surface area contributed by atoms with Crippen LogP contribution < -0.4 is 0 Å². The van der Waals surface area contributed by atoms with Crippen LogP contribution in [0.4, 0.5) is 0 Å². The van der Waals surface area contributed by atoms with Crippen molar-refractivity contribution in [2.45, 2.75) is 0 Å². The Morgan fingerprint density at radius 2 is 2.07 bits per heavy atom. The van der Waals surface area contributed by atoms with Crippen LogP contribution in [0.3, 0.4) is 0 Å². The molecule has 2 nitrogen and oxygen atoms in total. The molecular weight excluding hydrogens is 335 g/mol. The van der Waals surface area contributed by atoms with E-state index in [0.29, 0.717) is 10.6 Å². The first kappa shape index (κ1) is 11.8. The number of hydrogen-bond acceptors (Lipinski definition) is 2. The van der Waals surface area contributed by atoms with E-state index in [9.17, 15) is 8.42 Å². The summed E-state index contributed by atoms with van der Waals surface area (Å²) in [6, 6.07) is 5.11. The van der Waals surface area contributed by atoms with Crippen molar-refractivity contribution in [1.82, 2.24) is 0 Å². The van der Waals surface area contributed by atoms with Gasteiger partial charge in [0, 0.05) is 14.4 Å². The average Bonchev–Trinajstić information content (AvgIpc) is 2.06. The van der Waals surface area contributed by atoms with Crippen molar-refractivity contribution in [3.8, 4) is 11.2 Å².